The number of hydrogen-bond acceptors (Lipinski definition) is 2. The van der Waals surface area contributed by atoms with Crippen molar-refractivity contribution in [2.45, 2.75) is 0 Å². The normalized spacial score (nSPS) is 10.1. The van der Waals surface area contributed by atoms with E-state index in [-0.39, 0.29) is 5.91 Å². The second-order valence-corrected chi connectivity index (χ2v) is 5.97. The number of anilines is 1. The summed E-state index contributed by atoms with van der Waals surface area (Å²) in [6, 6.07) is 11.4. The number of thiophene rings is 1. The Morgan fingerprint density at radius 3 is 2.67 bits per heavy atom. The van der Waals surface area contributed by atoms with Gasteiger partial charge in [-0.1, -0.05) is 24.3 Å². The molecule has 4 heteroatoms. The van der Waals surface area contributed by atoms with E-state index >= 15 is 0 Å². The molecule has 0 aliphatic carbocycles. The second kappa shape index (κ2) is 5.98. The highest BCUT2D eigenvalue weighted by Gasteiger charge is 2.17. The summed E-state index contributed by atoms with van der Waals surface area (Å²) in [5.41, 5.74) is 1.57. The fraction of sp³-hybridized carbons (Fsp3) is 0.0714. The fourth-order valence-corrected chi connectivity index (χ4v) is 2.75. The van der Waals surface area contributed by atoms with E-state index in [1.54, 1.807) is 11.0 Å². The molecular formula is C14H12BrNOS. The average Bonchev–Trinajstić information content (AvgIpc) is 2.83. The lowest BCUT2D eigenvalue weighted by Crippen LogP contribution is -2.30. The molecule has 0 fully saturated rings. The highest BCUT2D eigenvalue weighted by Crippen LogP contribution is 2.24. The van der Waals surface area contributed by atoms with E-state index in [0.717, 1.165) is 9.47 Å². The summed E-state index contributed by atoms with van der Waals surface area (Å²) in [5, 5.41) is 1.85. The van der Waals surface area contributed by atoms with Gasteiger partial charge in [0.05, 0.1) is 9.35 Å². The van der Waals surface area contributed by atoms with Crippen LogP contribution >= 0.6 is 27.3 Å². The zero-order chi connectivity index (χ0) is 13.0. The lowest BCUT2D eigenvalue weighted by atomic mass is 10.2. The largest absolute Gasteiger partial charge is 0.305 e. The van der Waals surface area contributed by atoms with E-state index < -0.39 is 0 Å². The van der Waals surface area contributed by atoms with Crippen molar-refractivity contribution >= 4 is 38.9 Å². The Morgan fingerprint density at radius 1 is 1.39 bits per heavy atom. The summed E-state index contributed by atoms with van der Waals surface area (Å²) in [4.78, 5) is 14.1. The minimum Gasteiger partial charge on any atom is -0.305 e. The van der Waals surface area contributed by atoms with Gasteiger partial charge in [-0.25, -0.2) is 0 Å². The minimum absolute atomic E-state index is 0.0111. The maximum absolute atomic E-state index is 12.4. The molecule has 0 unspecified atom stereocenters. The maximum atomic E-state index is 12.4. The first-order valence-corrected chi connectivity index (χ1v) is 7.11. The molecule has 0 aliphatic heterocycles. The number of halogens is 1. The zero-order valence-corrected chi connectivity index (χ0v) is 12.1. The van der Waals surface area contributed by atoms with Crippen molar-refractivity contribution in [3.63, 3.8) is 0 Å². The first-order chi connectivity index (χ1) is 8.72. The van der Waals surface area contributed by atoms with Crippen LogP contribution in [0.25, 0.3) is 0 Å². The van der Waals surface area contributed by atoms with E-state index in [2.05, 4.69) is 22.5 Å². The van der Waals surface area contributed by atoms with Gasteiger partial charge in [0.15, 0.2) is 0 Å². The number of nitrogens with zero attached hydrogens (tertiary/aromatic N) is 1. The Hall–Kier alpha value is -1.39. The first-order valence-electron chi connectivity index (χ1n) is 5.44. The molecule has 0 aliphatic rings. The molecule has 1 amide bonds. The van der Waals surface area contributed by atoms with E-state index in [1.807, 2.05) is 41.8 Å². The van der Waals surface area contributed by atoms with Crippen LogP contribution in [0.3, 0.4) is 0 Å². The summed E-state index contributed by atoms with van der Waals surface area (Å²) in [5.74, 6) is -0.0111. The molecule has 0 atom stereocenters. The van der Waals surface area contributed by atoms with Gasteiger partial charge in [-0.3, -0.25) is 4.79 Å². The number of hydrogen-bond donors (Lipinski definition) is 0. The summed E-state index contributed by atoms with van der Waals surface area (Å²) >= 11 is 4.88. The zero-order valence-electron chi connectivity index (χ0n) is 9.67. The minimum atomic E-state index is -0.0111. The maximum Gasteiger partial charge on any atom is 0.259 e. The van der Waals surface area contributed by atoms with Gasteiger partial charge in [0.1, 0.15) is 0 Å². The molecule has 1 aromatic carbocycles. The summed E-state index contributed by atoms with van der Waals surface area (Å²) in [7, 11) is 0. The van der Waals surface area contributed by atoms with Gasteiger partial charge in [0.2, 0.25) is 0 Å². The molecule has 2 rings (SSSR count). The topological polar surface area (TPSA) is 20.3 Å². The van der Waals surface area contributed by atoms with Crippen molar-refractivity contribution < 1.29 is 4.79 Å². The van der Waals surface area contributed by atoms with Crippen LogP contribution in [0.15, 0.2) is 58.2 Å². The molecule has 18 heavy (non-hydrogen) atoms. The Labute approximate surface area is 119 Å². The van der Waals surface area contributed by atoms with Gasteiger partial charge in [0.25, 0.3) is 5.91 Å². The van der Waals surface area contributed by atoms with E-state index in [9.17, 15) is 4.79 Å². The number of rotatable bonds is 4. The highest BCUT2D eigenvalue weighted by atomic mass is 79.9. The van der Waals surface area contributed by atoms with Gasteiger partial charge < -0.3 is 4.90 Å². The number of benzene rings is 1. The lowest BCUT2D eigenvalue weighted by Gasteiger charge is -2.20. The van der Waals surface area contributed by atoms with Crippen molar-refractivity contribution in [3.8, 4) is 0 Å². The van der Waals surface area contributed by atoms with Crippen LogP contribution in [0.4, 0.5) is 5.69 Å². The third-order valence-electron chi connectivity index (χ3n) is 2.44. The smallest absolute Gasteiger partial charge is 0.259 e. The van der Waals surface area contributed by atoms with Crippen molar-refractivity contribution in [2.24, 2.45) is 0 Å². The van der Waals surface area contributed by atoms with Crippen LogP contribution in [0.2, 0.25) is 0 Å². The van der Waals surface area contributed by atoms with Crippen molar-refractivity contribution in [3.05, 3.63) is 63.8 Å². The number of carbonyl (C=O) groups is 1. The predicted molar refractivity (Wildman–Crippen MR) is 80.3 cm³/mol. The lowest BCUT2D eigenvalue weighted by molar-refractivity contribution is 0.0990. The molecule has 92 valence electrons. The average molecular weight is 322 g/mol. The van der Waals surface area contributed by atoms with E-state index in [4.69, 9.17) is 0 Å². The number of para-hydroxylation sites is 1. The van der Waals surface area contributed by atoms with Gasteiger partial charge in [0, 0.05) is 17.6 Å². The van der Waals surface area contributed by atoms with Crippen LogP contribution in [-0.4, -0.2) is 12.5 Å². The molecule has 2 aromatic rings. The fourth-order valence-electron chi connectivity index (χ4n) is 1.62. The first kappa shape index (κ1) is 13.1. The molecule has 0 N–H and O–H groups in total. The molecule has 0 radical (unpaired) electrons. The molecule has 0 bridgehead atoms. The van der Waals surface area contributed by atoms with Crippen LogP contribution in [-0.2, 0) is 0 Å². The predicted octanol–water partition coefficient (Wildman–Crippen LogP) is 4.34. The summed E-state index contributed by atoms with van der Waals surface area (Å²) < 4.78 is 0.956. The Bertz CT molecular complexity index is 550. The molecule has 2 nitrogen and oxygen atoms in total. The third-order valence-corrected chi connectivity index (χ3v) is 3.94. The highest BCUT2D eigenvalue weighted by molar-refractivity contribution is 9.11. The van der Waals surface area contributed by atoms with Gasteiger partial charge in [-0.2, -0.15) is 0 Å². The summed E-state index contributed by atoms with van der Waals surface area (Å²) in [6.07, 6.45) is 1.73. The number of amides is 1. The monoisotopic (exact) mass is 321 g/mol. The van der Waals surface area contributed by atoms with Gasteiger partial charge in [-0.05, 0) is 34.1 Å². The Kier molecular flexibility index (Phi) is 4.33. The Morgan fingerprint density at radius 2 is 2.11 bits per heavy atom. The molecule has 0 spiro atoms. The molecule has 1 aromatic heterocycles. The quantitative estimate of drug-likeness (QED) is 0.767. The van der Waals surface area contributed by atoms with Crippen molar-refractivity contribution in [1.82, 2.24) is 0 Å². The standard InChI is InChI=1S/C14H12BrNOS/c1-2-8-16(12-6-4-3-5-7-12)14(17)11-9-13(15)18-10-11/h2-7,9-10H,1,8H2. The molecule has 0 saturated heterocycles. The Balaban J connectivity index is 2.31. The van der Waals surface area contributed by atoms with Gasteiger partial charge >= 0.3 is 0 Å². The number of carbonyl (C=O) groups excluding carboxylic acids is 1. The molecular weight excluding hydrogens is 310 g/mol. The van der Waals surface area contributed by atoms with E-state index in [1.165, 1.54) is 11.3 Å². The summed E-state index contributed by atoms with van der Waals surface area (Å²) in [6.45, 7) is 4.20. The van der Waals surface area contributed by atoms with E-state index in [0.29, 0.717) is 12.1 Å². The molecule has 1 heterocycles. The van der Waals surface area contributed by atoms with Crippen molar-refractivity contribution in [1.29, 1.82) is 0 Å². The van der Waals surface area contributed by atoms with Gasteiger partial charge in [-0.15, -0.1) is 17.9 Å². The third kappa shape index (κ3) is 2.89. The van der Waals surface area contributed by atoms with Crippen LogP contribution in [0, 0.1) is 0 Å². The van der Waals surface area contributed by atoms with Crippen LogP contribution in [0.1, 0.15) is 10.4 Å². The van der Waals surface area contributed by atoms with Crippen LogP contribution < -0.4 is 4.90 Å². The second-order valence-electron chi connectivity index (χ2n) is 3.68. The van der Waals surface area contributed by atoms with Crippen LogP contribution in [0.5, 0.6) is 0 Å². The molecule has 0 saturated carbocycles. The van der Waals surface area contributed by atoms with Crippen molar-refractivity contribution in [2.75, 3.05) is 11.4 Å². The SMILES string of the molecule is C=CCN(C(=O)c1csc(Br)c1)c1ccccc1.